The quantitative estimate of drug-likeness (QED) is 0.460. The normalized spacial score (nSPS) is 11.2. The van der Waals surface area contributed by atoms with Crippen LogP contribution in [0, 0.1) is 27.2 Å². The largest absolute Gasteiger partial charge is 0.301 e. The molecule has 0 aliphatic heterocycles. The molecule has 0 saturated carbocycles. The van der Waals surface area contributed by atoms with E-state index in [0.29, 0.717) is 5.71 Å². The maximum Gasteiger partial charge on any atom is 0.301 e. The second-order valence-electron chi connectivity index (χ2n) is 4.99. The van der Waals surface area contributed by atoms with Gasteiger partial charge in [-0.1, -0.05) is 22.0 Å². The van der Waals surface area contributed by atoms with Crippen molar-refractivity contribution >= 4 is 38.7 Å². The molecule has 0 amide bonds. The van der Waals surface area contributed by atoms with Crippen LogP contribution < -0.4 is 5.43 Å². The summed E-state index contributed by atoms with van der Waals surface area (Å²) in [5, 5.41) is 25.9. The molecule has 0 unspecified atom stereocenters. The number of nitro groups is 2. The van der Waals surface area contributed by atoms with Gasteiger partial charge in [0.1, 0.15) is 5.69 Å². The number of rotatable bonds is 5. The topological polar surface area (TPSA) is 111 Å². The number of non-ortho nitro benzene ring substituents is 1. The van der Waals surface area contributed by atoms with Gasteiger partial charge in [0.05, 0.1) is 21.6 Å². The fourth-order valence-electron chi connectivity index (χ4n) is 1.96. The first-order valence-corrected chi connectivity index (χ1v) is 7.58. The van der Waals surface area contributed by atoms with E-state index < -0.39 is 15.5 Å². The van der Waals surface area contributed by atoms with Crippen LogP contribution in [0.25, 0.3) is 0 Å². The van der Waals surface area contributed by atoms with Crippen molar-refractivity contribution in [1.29, 1.82) is 0 Å². The Bertz CT molecular complexity index is 851. The average molecular weight is 393 g/mol. The van der Waals surface area contributed by atoms with E-state index in [9.17, 15) is 20.2 Å². The molecule has 24 heavy (non-hydrogen) atoms. The smallest absolute Gasteiger partial charge is 0.271 e. The van der Waals surface area contributed by atoms with Gasteiger partial charge in [0, 0.05) is 10.5 Å². The van der Waals surface area contributed by atoms with Crippen molar-refractivity contribution in [3.05, 3.63) is 72.2 Å². The molecule has 2 rings (SSSR count). The predicted molar refractivity (Wildman–Crippen MR) is 94.5 cm³/mol. The van der Waals surface area contributed by atoms with Crippen molar-refractivity contribution in [3.63, 3.8) is 0 Å². The van der Waals surface area contributed by atoms with Crippen LogP contribution in [0.5, 0.6) is 0 Å². The summed E-state index contributed by atoms with van der Waals surface area (Å²) in [4.78, 5) is 20.4. The lowest BCUT2D eigenvalue weighted by Crippen LogP contribution is -2.02. The number of nitro benzene ring substituents is 2. The number of benzene rings is 2. The van der Waals surface area contributed by atoms with Gasteiger partial charge in [-0.15, -0.1) is 0 Å². The maximum absolute atomic E-state index is 11.1. The highest BCUT2D eigenvalue weighted by Crippen LogP contribution is 2.29. The number of anilines is 1. The molecule has 8 nitrogen and oxygen atoms in total. The molecule has 0 saturated heterocycles. The van der Waals surface area contributed by atoms with Gasteiger partial charge in [0.2, 0.25) is 0 Å². The molecule has 2 aromatic rings. The van der Waals surface area contributed by atoms with Crippen LogP contribution in [0.2, 0.25) is 0 Å². The molecule has 0 radical (unpaired) electrons. The lowest BCUT2D eigenvalue weighted by Gasteiger charge is -2.06. The maximum atomic E-state index is 11.1. The number of halogens is 1. The highest BCUT2D eigenvalue weighted by Gasteiger charge is 2.19. The van der Waals surface area contributed by atoms with E-state index in [-0.39, 0.29) is 11.4 Å². The van der Waals surface area contributed by atoms with Crippen molar-refractivity contribution < 1.29 is 9.85 Å². The Hall–Kier alpha value is -2.81. The molecule has 0 atom stereocenters. The lowest BCUT2D eigenvalue weighted by molar-refractivity contribution is -0.393. The first kappa shape index (κ1) is 17.5. The molecule has 0 aliphatic carbocycles. The van der Waals surface area contributed by atoms with E-state index in [2.05, 4.69) is 26.5 Å². The summed E-state index contributed by atoms with van der Waals surface area (Å²) in [6.07, 6.45) is 0. The zero-order valence-electron chi connectivity index (χ0n) is 12.8. The minimum absolute atomic E-state index is 0.0822. The third-order valence-electron chi connectivity index (χ3n) is 3.31. The highest BCUT2D eigenvalue weighted by atomic mass is 79.9. The van der Waals surface area contributed by atoms with Crippen LogP contribution in [-0.2, 0) is 0 Å². The monoisotopic (exact) mass is 392 g/mol. The number of nitrogens with one attached hydrogen (secondary N) is 1. The highest BCUT2D eigenvalue weighted by molar-refractivity contribution is 9.10. The van der Waals surface area contributed by atoms with Crippen LogP contribution in [0.4, 0.5) is 17.1 Å². The van der Waals surface area contributed by atoms with E-state index in [1.54, 1.807) is 6.92 Å². The summed E-state index contributed by atoms with van der Waals surface area (Å²) in [5.41, 5.74) is 4.44. The van der Waals surface area contributed by atoms with Gasteiger partial charge in [-0.25, -0.2) is 0 Å². The molecule has 0 bridgehead atoms. The molecule has 0 spiro atoms. The molecule has 124 valence electrons. The Morgan fingerprint density at radius 2 is 1.83 bits per heavy atom. The summed E-state index contributed by atoms with van der Waals surface area (Å²) in [5.74, 6) is 0. The summed E-state index contributed by atoms with van der Waals surface area (Å²) < 4.78 is 0.970. The van der Waals surface area contributed by atoms with Crippen LogP contribution in [0.1, 0.15) is 18.1 Å². The van der Waals surface area contributed by atoms with E-state index in [4.69, 9.17) is 0 Å². The molecule has 0 aliphatic rings. The SMILES string of the molecule is C/C(=N\Nc1ccc([N+](=O)[O-])cc1[N+](=O)[O-])c1ccc(Br)c(C)c1. The summed E-state index contributed by atoms with van der Waals surface area (Å²) in [6, 6.07) is 9.02. The van der Waals surface area contributed by atoms with Crippen LogP contribution in [0.15, 0.2) is 46.0 Å². The van der Waals surface area contributed by atoms with E-state index in [1.165, 1.54) is 12.1 Å². The van der Waals surface area contributed by atoms with Gasteiger partial charge in [-0.3, -0.25) is 25.7 Å². The van der Waals surface area contributed by atoms with Gasteiger partial charge in [0.25, 0.3) is 5.69 Å². The van der Waals surface area contributed by atoms with Gasteiger partial charge in [-0.05, 0) is 43.2 Å². The second kappa shape index (κ2) is 7.18. The third kappa shape index (κ3) is 3.93. The number of nitrogens with zero attached hydrogens (tertiary/aromatic N) is 3. The van der Waals surface area contributed by atoms with Crippen LogP contribution in [-0.4, -0.2) is 15.6 Å². The van der Waals surface area contributed by atoms with Crippen molar-refractivity contribution in [2.45, 2.75) is 13.8 Å². The molecule has 1 N–H and O–H groups in total. The first-order chi connectivity index (χ1) is 11.3. The fraction of sp³-hybridized carbons (Fsp3) is 0.133. The summed E-state index contributed by atoms with van der Waals surface area (Å²) >= 11 is 3.41. The number of hydrogen-bond acceptors (Lipinski definition) is 6. The zero-order valence-corrected chi connectivity index (χ0v) is 14.4. The van der Waals surface area contributed by atoms with Crippen molar-refractivity contribution in [2.75, 3.05) is 5.43 Å². The molecule has 2 aromatic carbocycles. The standard InChI is InChI=1S/C15H13BrN4O4/c1-9-7-11(3-5-13(9)16)10(2)17-18-14-6-4-12(19(21)22)8-15(14)20(23)24/h3-8,18H,1-2H3/b17-10+. The summed E-state index contributed by atoms with van der Waals surface area (Å²) in [7, 11) is 0. The Labute approximate surface area is 145 Å². The molecule has 0 aromatic heterocycles. The molecule has 9 heteroatoms. The number of aryl methyl sites for hydroxylation is 1. The molecule has 0 fully saturated rings. The second-order valence-corrected chi connectivity index (χ2v) is 5.84. The van der Waals surface area contributed by atoms with E-state index >= 15 is 0 Å². The Morgan fingerprint density at radius 3 is 2.42 bits per heavy atom. The first-order valence-electron chi connectivity index (χ1n) is 6.79. The van der Waals surface area contributed by atoms with Crippen molar-refractivity contribution in [1.82, 2.24) is 0 Å². The Morgan fingerprint density at radius 1 is 1.12 bits per heavy atom. The third-order valence-corrected chi connectivity index (χ3v) is 4.20. The predicted octanol–water partition coefficient (Wildman–Crippen LogP) is 4.41. The zero-order chi connectivity index (χ0) is 17.9. The van der Waals surface area contributed by atoms with Gasteiger partial charge in [-0.2, -0.15) is 5.10 Å². The van der Waals surface area contributed by atoms with Gasteiger partial charge in [0.15, 0.2) is 0 Å². The van der Waals surface area contributed by atoms with Crippen LogP contribution in [0.3, 0.4) is 0 Å². The van der Waals surface area contributed by atoms with Gasteiger partial charge < -0.3 is 0 Å². The molecule has 0 heterocycles. The Kier molecular flexibility index (Phi) is 5.24. The minimum atomic E-state index is -0.691. The van der Waals surface area contributed by atoms with E-state index in [0.717, 1.165) is 21.7 Å². The van der Waals surface area contributed by atoms with Crippen molar-refractivity contribution in [3.8, 4) is 0 Å². The number of hydrogen-bond donors (Lipinski definition) is 1. The molecular weight excluding hydrogens is 380 g/mol. The number of hydrazone groups is 1. The average Bonchev–Trinajstić information content (AvgIpc) is 2.54. The van der Waals surface area contributed by atoms with Crippen molar-refractivity contribution in [2.24, 2.45) is 5.10 Å². The summed E-state index contributed by atoms with van der Waals surface area (Å²) in [6.45, 7) is 3.70. The minimum Gasteiger partial charge on any atom is -0.271 e. The van der Waals surface area contributed by atoms with Crippen LogP contribution >= 0.6 is 15.9 Å². The lowest BCUT2D eigenvalue weighted by atomic mass is 10.1. The Balaban J connectivity index is 2.31. The fourth-order valence-corrected chi connectivity index (χ4v) is 2.20. The molecular formula is C15H13BrN4O4. The van der Waals surface area contributed by atoms with Gasteiger partial charge >= 0.3 is 5.69 Å². The van der Waals surface area contributed by atoms with E-state index in [1.807, 2.05) is 25.1 Å².